The highest BCUT2D eigenvalue weighted by molar-refractivity contribution is 9.10. The first kappa shape index (κ1) is 15.2. The summed E-state index contributed by atoms with van der Waals surface area (Å²) >= 11 is 3.43. The first-order valence-corrected chi connectivity index (χ1v) is 7.81. The van der Waals surface area contributed by atoms with E-state index in [9.17, 15) is 0 Å². The lowest BCUT2D eigenvalue weighted by atomic mass is 10.1. The molecule has 2 rings (SSSR count). The van der Waals surface area contributed by atoms with Gasteiger partial charge < -0.3 is 5.32 Å². The van der Waals surface area contributed by atoms with Crippen LogP contribution in [0.15, 0.2) is 35.1 Å². The molecule has 0 aliphatic carbocycles. The molecule has 0 radical (unpaired) electrons. The number of hydrogen-bond acceptors (Lipinski definition) is 3. The van der Waals surface area contributed by atoms with Gasteiger partial charge in [-0.15, -0.1) is 0 Å². The maximum absolute atomic E-state index is 4.52. The largest absolute Gasteiger partial charge is 0.309 e. The second-order valence-electron chi connectivity index (χ2n) is 4.89. The Bertz CT molecular complexity index is 521. The Hall–Kier alpha value is -1.20. The summed E-state index contributed by atoms with van der Waals surface area (Å²) in [5, 5.41) is 7.80. The molecule has 0 saturated carbocycles. The third-order valence-corrected chi connectivity index (χ3v) is 3.83. The molecule has 5 heteroatoms. The quantitative estimate of drug-likeness (QED) is 0.843. The predicted octanol–water partition coefficient (Wildman–Crippen LogP) is 3.25. The normalized spacial score (nSPS) is 12.6. The first-order valence-electron chi connectivity index (χ1n) is 7.02. The maximum atomic E-state index is 4.52. The van der Waals surface area contributed by atoms with Crippen LogP contribution < -0.4 is 5.32 Å². The minimum atomic E-state index is 0.290. The van der Waals surface area contributed by atoms with Gasteiger partial charge in [-0.3, -0.25) is 9.67 Å². The molecule has 0 aliphatic heterocycles. The molecule has 0 aliphatic rings. The fourth-order valence-electron chi connectivity index (χ4n) is 2.21. The summed E-state index contributed by atoms with van der Waals surface area (Å²) in [5.41, 5.74) is 2.36. The zero-order valence-electron chi connectivity index (χ0n) is 12.0. The molecule has 20 heavy (non-hydrogen) atoms. The maximum Gasteiger partial charge on any atom is 0.0574 e. The summed E-state index contributed by atoms with van der Waals surface area (Å²) in [7, 11) is 1.99. The van der Waals surface area contributed by atoms with Crippen molar-refractivity contribution in [2.75, 3.05) is 6.54 Å². The Morgan fingerprint density at radius 2 is 2.20 bits per heavy atom. The lowest BCUT2D eigenvalue weighted by Gasteiger charge is -2.18. The molecule has 2 aromatic heterocycles. The van der Waals surface area contributed by atoms with E-state index in [4.69, 9.17) is 0 Å². The van der Waals surface area contributed by atoms with E-state index in [0.29, 0.717) is 0 Å². The van der Waals surface area contributed by atoms with Crippen molar-refractivity contribution in [1.29, 1.82) is 0 Å². The van der Waals surface area contributed by atoms with Gasteiger partial charge in [-0.1, -0.05) is 6.92 Å². The SMILES string of the molecule is CCCNC(CCc1ccnn1C)c1ccc(Br)cn1. The fraction of sp³-hybridized carbons (Fsp3) is 0.467. The van der Waals surface area contributed by atoms with Gasteiger partial charge in [0.15, 0.2) is 0 Å². The van der Waals surface area contributed by atoms with Crippen molar-refractivity contribution >= 4 is 15.9 Å². The smallest absolute Gasteiger partial charge is 0.0574 e. The van der Waals surface area contributed by atoms with E-state index in [1.54, 1.807) is 0 Å². The zero-order valence-corrected chi connectivity index (χ0v) is 13.6. The molecule has 4 nitrogen and oxygen atoms in total. The molecule has 0 bridgehead atoms. The van der Waals surface area contributed by atoms with Crippen LogP contribution in [-0.4, -0.2) is 21.3 Å². The second-order valence-corrected chi connectivity index (χ2v) is 5.81. The van der Waals surface area contributed by atoms with E-state index in [-0.39, 0.29) is 6.04 Å². The van der Waals surface area contributed by atoms with Crippen molar-refractivity contribution < 1.29 is 0 Å². The minimum Gasteiger partial charge on any atom is -0.309 e. The van der Waals surface area contributed by atoms with Crippen LogP contribution in [-0.2, 0) is 13.5 Å². The van der Waals surface area contributed by atoms with Crippen LogP contribution in [0.5, 0.6) is 0 Å². The number of halogens is 1. The van der Waals surface area contributed by atoms with Crippen molar-refractivity contribution in [3.63, 3.8) is 0 Å². The second kappa shape index (κ2) is 7.55. The van der Waals surface area contributed by atoms with Crippen LogP contribution in [0.2, 0.25) is 0 Å². The molecular weight excluding hydrogens is 316 g/mol. The summed E-state index contributed by atoms with van der Waals surface area (Å²) in [6.45, 7) is 3.19. The van der Waals surface area contributed by atoms with Crippen molar-refractivity contribution in [3.05, 3.63) is 46.5 Å². The number of aryl methyl sites for hydroxylation is 2. The number of hydrogen-bond donors (Lipinski definition) is 1. The van der Waals surface area contributed by atoms with Crippen LogP contribution in [0.1, 0.15) is 37.2 Å². The highest BCUT2D eigenvalue weighted by Gasteiger charge is 2.13. The van der Waals surface area contributed by atoms with Crippen LogP contribution >= 0.6 is 15.9 Å². The predicted molar refractivity (Wildman–Crippen MR) is 84.5 cm³/mol. The summed E-state index contributed by atoms with van der Waals surface area (Å²) in [5.74, 6) is 0. The van der Waals surface area contributed by atoms with Crippen molar-refractivity contribution in [2.45, 2.75) is 32.2 Å². The number of nitrogens with one attached hydrogen (secondary N) is 1. The van der Waals surface area contributed by atoms with E-state index in [1.807, 2.05) is 30.2 Å². The summed E-state index contributed by atoms with van der Waals surface area (Å²) in [6, 6.07) is 6.50. The molecule has 1 N–H and O–H groups in total. The average Bonchev–Trinajstić information content (AvgIpc) is 2.86. The van der Waals surface area contributed by atoms with Gasteiger partial charge in [-0.05, 0) is 59.9 Å². The van der Waals surface area contributed by atoms with E-state index in [1.165, 1.54) is 5.69 Å². The van der Waals surface area contributed by atoms with E-state index < -0.39 is 0 Å². The number of nitrogens with zero attached hydrogens (tertiary/aromatic N) is 3. The number of pyridine rings is 1. The Morgan fingerprint density at radius 3 is 2.80 bits per heavy atom. The van der Waals surface area contributed by atoms with Gasteiger partial charge in [-0.25, -0.2) is 0 Å². The van der Waals surface area contributed by atoms with E-state index in [2.05, 4.69) is 50.4 Å². The Morgan fingerprint density at radius 1 is 1.35 bits per heavy atom. The molecule has 2 aromatic rings. The Kier molecular flexibility index (Phi) is 5.73. The monoisotopic (exact) mass is 336 g/mol. The fourth-order valence-corrected chi connectivity index (χ4v) is 2.44. The molecule has 0 amide bonds. The van der Waals surface area contributed by atoms with Gasteiger partial charge in [-0.2, -0.15) is 5.10 Å². The average molecular weight is 337 g/mol. The molecule has 2 heterocycles. The molecular formula is C15H21BrN4. The molecule has 108 valence electrons. The van der Waals surface area contributed by atoms with Gasteiger partial charge in [0, 0.05) is 35.6 Å². The van der Waals surface area contributed by atoms with Gasteiger partial charge >= 0.3 is 0 Å². The lowest BCUT2D eigenvalue weighted by molar-refractivity contribution is 0.482. The highest BCUT2D eigenvalue weighted by Crippen LogP contribution is 2.19. The topological polar surface area (TPSA) is 42.7 Å². The first-order chi connectivity index (χ1) is 9.70. The Balaban J connectivity index is 2.03. The number of rotatable bonds is 7. The molecule has 0 aromatic carbocycles. The van der Waals surface area contributed by atoms with Crippen molar-refractivity contribution in [1.82, 2.24) is 20.1 Å². The van der Waals surface area contributed by atoms with E-state index >= 15 is 0 Å². The highest BCUT2D eigenvalue weighted by atomic mass is 79.9. The van der Waals surface area contributed by atoms with Gasteiger partial charge in [0.1, 0.15) is 0 Å². The Labute approximate surface area is 128 Å². The zero-order chi connectivity index (χ0) is 14.4. The summed E-state index contributed by atoms with van der Waals surface area (Å²) in [6.07, 6.45) is 6.85. The minimum absolute atomic E-state index is 0.290. The van der Waals surface area contributed by atoms with Crippen molar-refractivity contribution in [2.24, 2.45) is 7.05 Å². The van der Waals surface area contributed by atoms with Gasteiger partial charge in [0.25, 0.3) is 0 Å². The van der Waals surface area contributed by atoms with Crippen molar-refractivity contribution in [3.8, 4) is 0 Å². The van der Waals surface area contributed by atoms with Gasteiger partial charge in [0.05, 0.1) is 5.69 Å². The third kappa shape index (κ3) is 4.15. The van der Waals surface area contributed by atoms with Crippen LogP contribution in [0, 0.1) is 0 Å². The van der Waals surface area contributed by atoms with Gasteiger partial charge in [0.2, 0.25) is 0 Å². The summed E-state index contributed by atoms with van der Waals surface area (Å²) < 4.78 is 2.95. The standard InChI is InChI=1S/C15H21BrN4/c1-3-9-17-14(15-6-4-12(16)11-18-15)7-5-13-8-10-19-20(13)2/h4,6,8,10-11,14,17H,3,5,7,9H2,1-2H3. The van der Waals surface area contributed by atoms with Crippen LogP contribution in [0.25, 0.3) is 0 Å². The molecule has 1 unspecified atom stereocenters. The molecule has 0 saturated heterocycles. The molecule has 0 spiro atoms. The van der Waals surface area contributed by atoms with E-state index in [0.717, 1.165) is 36.0 Å². The van der Waals surface area contributed by atoms with Crippen LogP contribution in [0.3, 0.4) is 0 Å². The molecule has 1 atom stereocenters. The van der Waals surface area contributed by atoms with Crippen LogP contribution in [0.4, 0.5) is 0 Å². The third-order valence-electron chi connectivity index (χ3n) is 3.36. The summed E-state index contributed by atoms with van der Waals surface area (Å²) in [4.78, 5) is 4.52. The molecule has 0 fully saturated rings. The lowest BCUT2D eigenvalue weighted by Crippen LogP contribution is -2.23. The number of aromatic nitrogens is 3.